The van der Waals surface area contributed by atoms with Gasteiger partial charge in [0.1, 0.15) is 0 Å². The predicted octanol–water partition coefficient (Wildman–Crippen LogP) is 2.17. The molecule has 0 radical (unpaired) electrons. The molecular formula is C13H19NO3. The minimum absolute atomic E-state index is 0.272. The molecule has 0 spiro atoms. The standard InChI is InChI=1S/C13H19NO3/c1-9(2)6-14-7-10-4-11(15-3)13-12(5-10)16-8-17-13/h4-5,9,14H,6-8H2,1-3H3. The van der Waals surface area contributed by atoms with Crippen LogP contribution in [0.3, 0.4) is 0 Å². The zero-order valence-corrected chi connectivity index (χ0v) is 10.6. The summed E-state index contributed by atoms with van der Waals surface area (Å²) in [6.45, 7) is 6.46. The van der Waals surface area contributed by atoms with Crippen molar-refractivity contribution in [1.29, 1.82) is 0 Å². The first-order valence-electron chi connectivity index (χ1n) is 5.88. The van der Waals surface area contributed by atoms with Crippen molar-refractivity contribution in [2.45, 2.75) is 20.4 Å². The lowest BCUT2D eigenvalue weighted by Gasteiger charge is -2.10. The molecule has 4 nitrogen and oxygen atoms in total. The van der Waals surface area contributed by atoms with Crippen LogP contribution in [0.4, 0.5) is 0 Å². The Labute approximate surface area is 102 Å². The Kier molecular flexibility index (Phi) is 3.74. The molecular weight excluding hydrogens is 218 g/mol. The molecule has 94 valence electrons. The van der Waals surface area contributed by atoms with Gasteiger partial charge in [-0.3, -0.25) is 0 Å². The number of ether oxygens (including phenoxy) is 3. The van der Waals surface area contributed by atoms with Gasteiger partial charge in [-0.05, 0) is 30.2 Å². The number of fused-ring (bicyclic) bond motifs is 1. The van der Waals surface area contributed by atoms with Gasteiger partial charge in [0.25, 0.3) is 0 Å². The molecule has 0 aromatic heterocycles. The monoisotopic (exact) mass is 237 g/mol. The van der Waals surface area contributed by atoms with Crippen molar-refractivity contribution in [2.75, 3.05) is 20.4 Å². The Balaban J connectivity index is 2.08. The molecule has 0 saturated heterocycles. The topological polar surface area (TPSA) is 39.7 Å². The van der Waals surface area contributed by atoms with E-state index in [2.05, 4.69) is 19.2 Å². The van der Waals surface area contributed by atoms with E-state index in [0.717, 1.165) is 30.2 Å². The van der Waals surface area contributed by atoms with Crippen LogP contribution in [0.1, 0.15) is 19.4 Å². The lowest BCUT2D eigenvalue weighted by molar-refractivity contribution is 0.171. The fraction of sp³-hybridized carbons (Fsp3) is 0.538. The van der Waals surface area contributed by atoms with Crippen LogP contribution in [0.15, 0.2) is 12.1 Å². The van der Waals surface area contributed by atoms with E-state index in [1.54, 1.807) is 7.11 Å². The van der Waals surface area contributed by atoms with Crippen LogP contribution in [0.5, 0.6) is 17.2 Å². The third kappa shape index (κ3) is 2.82. The average Bonchev–Trinajstić information content (AvgIpc) is 2.75. The Hall–Kier alpha value is -1.42. The molecule has 1 aliphatic heterocycles. The maximum atomic E-state index is 5.38. The Morgan fingerprint density at radius 1 is 1.35 bits per heavy atom. The van der Waals surface area contributed by atoms with Crippen LogP contribution < -0.4 is 19.5 Å². The highest BCUT2D eigenvalue weighted by atomic mass is 16.7. The maximum absolute atomic E-state index is 5.38. The molecule has 1 aromatic rings. The Morgan fingerprint density at radius 2 is 2.18 bits per heavy atom. The van der Waals surface area contributed by atoms with Crippen molar-refractivity contribution >= 4 is 0 Å². The third-order valence-corrected chi connectivity index (χ3v) is 2.60. The highest BCUT2D eigenvalue weighted by molar-refractivity contribution is 5.55. The van der Waals surface area contributed by atoms with E-state index in [1.165, 1.54) is 0 Å². The SMILES string of the molecule is COc1cc(CNCC(C)C)cc2c1OCO2. The highest BCUT2D eigenvalue weighted by Crippen LogP contribution is 2.41. The Bertz CT molecular complexity index is 390. The summed E-state index contributed by atoms with van der Waals surface area (Å²) in [5.74, 6) is 2.86. The number of hydrogen-bond donors (Lipinski definition) is 1. The molecule has 1 aliphatic rings. The molecule has 17 heavy (non-hydrogen) atoms. The van der Waals surface area contributed by atoms with E-state index < -0.39 is 0 Å². The van der Waals surface area contributed by atoms with Gasteiger partial charge in [0.05, 0.1) is 7.11 Å². The summed E-state index contributed by atoms with van der Waals surface area (Å²) in [7, 11) is 1.64. The van der Waals surface area contributed by atoms with Crippen LogP contribution in [-0.4, -0.2) is 20.4 Å². The largest absolute Gasteiger partial charge is 0.493 e. The molecule has 0 fully saturated rings. The fourth-order valence-electron chi connectivity index (χ4n) is 1.79. The highest BCUT2D eigenvalue weighted by Gasteiger charge is 2.19. The third-order valence-electron chi connectivity index (χ3n) is 2.60. The molecule has 1 aromatic carbocycles. The smallest absolute Gasteiger partial charge is 0.231 e. The summed E-state index contributed by atoms with van der Waals surface area (Å²) in [6, 6.07) is 3.99. The van der Waals surface area contributed by atoms with Crippen LogP contribution in [0.25, 0.3) is 0 Å². The molecule has 2 rings (SSSR count). The van der Waals surface area contributed by atoms with Gasteiger partial charge in [-0.2, -0.15) is 0 Å². The van der Waals surface area contributed by atoms with Gasteiger partial charge in [-0.25, -0.2) is 0 Å². The molecule has 0 amide bonds. The fourth-order valence-corrected chi connectivity index (χ4v) is 1.79. The zero-order valence-electron chi connectivity index (χ0n) is 10.6. The van der Waals surface area contributed by atoms with E-state index in [0.29, 0.717) is 11.7 Å². The number of benzene rings is 1. The molecule has 0 atom stereocenters. The summed E-state index contributed by atoms with van der Waals surface area (Å²) < 4.78 is 16.0. The molecule has 1 N–H and O–H groups in total. The lowest BCUT2D eigenvalue weighted by Crippen LogP contribution is -2.18. The van der Waals surface area contributed by atoms with E-state index in [9.17, 15) is 0 Å². The lowest BCUT2D eigenvalue weighted by atomic mass is 10.1. The van der Waals surface area contributed by atoms with Crippen LogP contribution in [-0.2, 0) is 6.54 Å². The first-order chi connectivity index (χ1) is 8.20. The van der Waals surface area contributed by atoms with Crippen LogP contribution >= 0.6 is 0 Å². The van der Waals surface area contributed by atoms with Gasteiger partial charge < -0.3 is 19.5 Å². The van der Waals surface area contributed by atoms with Crippen molar-refractivity contribution in [3.63, 3.8) is 0 Å². The molecule has 0 aliphatic carbocycles. The van der Waals surface area contributed by atoms with Crippen molar-refractivity contribution < 1.29 is 14.2 Å². The number of rotatable bonds is 5. The van der Waals surface area contributed by atoms with Crippen LogP contribution in [0.2, 0.25) is 0 Å². The van der Waals surface area contributed by atoms with Crippen molar-refractivity contribution in [1.82, 2.24) is 5.32 Å². The van der Waals surface area contributed by atoms with Gasteiger partial charge >= 0.3 is 0 Å². The second kappa shape index (κ2) is 5.27. The molecule has 4 heteroatoms. The van der Waals surface area contributed by atoms with Gasteiger partial charge in [-0.1, -0.05) is 13.8 Å². The molecule has 0 bridgehead atoms. The quantitative estimate of drug-likeness (QED) is 0.852. The Morgan fingerprint density at radius 3 is 2.88 bits per heavy atom. The van der Waals surface area contributed by atoms with Gasteiger partial charge in [0.2, 0.25) is 12.5 Å². The van der Waals surface area contributed by atoms with E-state index >= 15 is 0 Å². The summed E-state index contributed by atoms with van der Waals surface area (Å²) in [4.78, 5) is 0. The van der Waals surface area contributed by atoms with Gasteiger partial charge in [-0.15, -0.1) is 0 Å². The van der Waals surface area contributed by atoms with Gasteiger partial charge in [0, 0.05) is 6.54 Å². The van der Waals surface area contributed by atoms with Crippen molar-refractivity contribution in [2.24, 2.45) is 5.92 Å². The van der Waals surface area contributed by atoms with Crippen LogP contribution in [0, 0.1) is 5.92 Å². The summed E-state index contributed by atoms with van der Waals surface area (Å²) in [5.41, 5.74) is 1.15. The number of nitrogens with one attached hydrogen (secondary N) is 1. The van der Waals surface area contributed by atoms with Crippen molar-refractivity contribution in [3.05, 3.63) is 17.7 Å². The molecule has 0 unspecified atom stereocenters. The van der Waals surface area contributed by atoms with Crippen molar-refractivity contribution in [3.8, 4) is 17.2 Å². The predicted molar refractivity (Wildman–Crippen MR) is 65.7 cm³/mol. The summed E-state index contributed by atoms with van der Waals surface area (Å²) in [6.07, 6.45) is 0. The molecule has 0 saturated carbocycles. The molecule has 1 heterocycles. The van der Waals surface area contributed by atoms with E-state index in [-0.39, 0.29) is 6.79 Å². The number of methoxy groups -OCH3 is 1. The minimum atomic E-state index is 0.272. The summed E-state index contributed by atoms with van der Waals surface area (Å²) >= 11 is 0. The number of hydrogen-bond acceptors (Lipinski definition) is 4. The minimum Gasteiger partial charge on any atom is -0.493 e. The average molecular weight is 237 g/mol. The van der Waals surface area contributed by atoms with E-state index in [1.807, 2.05) is 12.1 Å². The zero-order chi connectivity index (χ0) is 12.3. The maximum Gasteiger partial charge on any atom is 0.231 e. The first kappa shape index (κ1) is 12.0. The van der Waals surface area contributed by atoms with E-state index in [4.69, 9.17) is 14.2 Å². The second-order valence-electron chi connectivity index (χ2n) is 4.56. The normalized spacial score (nSPS) is 13.2. The second-order valence-corrected chi connectivity index (χ2v) is 4.56. The first-order valence-corrected chi connectivity index (χ1v) is 5.88. The van der Waals surface area contributed by atoms with Gasteiger partial charge in [0.15, 0.2) is 11.5 Å². The summed E-state index contributed by atoms with van der Waals surface area (Å²) in [5, 5.41) is 3.39.